The zero-order valence-corrected chi connectivity index (χ0v) is 13.7. The van der Waals surface area contributed by atoms with Crippen LogP contribution in [-0.4, -0.2) is 16.1 Å². The van der Waals surface area contributed by atoms with Gasteiger partial charge in [0.1, 0.15) is 5.69 Å². The van der Waals surface area contributed by atoms with Crippen LogP contribution in [0.25, 0.3) is 11.3 Å². The summed E-state index contributed by atoms with van der Waals surface area (Å²) in [5, 5.41) is 10.9. The van der Waals surface area contributed by atoms with Crippen molar-refractivity contribution in [3.05, 3.63) is 69.8 Å². The first-order chi connectivity index (χ1) is 11.0. The minimum Gasteiger partial charge on any atom is -0.319 e. The van der Waals surface area contributed by atoms with Crippen molar-refractivity contribution in [1.29, 1.82) is 0 Å². The Morgan fingerprint density at radius 2 is 1.87 bits per heavy atom. The van der Waals surface area contributed by atoms with Gasteiger partial charge in [-0.25, -0.2) is 0 Å². The number of H-pyrrole nitrogens is 1. The highest BCUT2D eigenvalue weighted by atomic mass is 35.5. The number of amides is 1. The molecule has 2 aromatic carbocycles. The molecule has 0 fully saturated rings. The van der Waals surface area contributed by atoms with Crippen LogP contribution in [-0.2, 0) is 0 Å². The second-order valence-electron chi connectivity index (χ2n) is 5.06. The zero-order valence-electron chi connectivity index (χ0n) is 12.2. The largest absolute Gasteiger partial charge is 0.319 e. The topological polar surface area (TPSA) is 57.8 Å². The van der Waals surface area contributed by atoms with Gasteiger partial charge in [-0.2, -0.15) is 5.10 Å². The van der Waals surface area contributed by atoms with E-state index in [9.17, 15) is 4.79 Å². The van der Waals surface area contributed by atoms with Gasteiger partial charge in [0.15, 0.2) is 0 Å². The lowest BCUT2D eigenvalue weighted by Gasteiger charge is -2.08. The quantitative estimate of drug-likeness (QED) is 0.705. The van der Waals surface area contributed by atoms with E-state index in [1.54, 1.807) is 24.3 Å². The van der Waals surface area contributed by atoms with Crippen LogP contribution in [0.1, 0.15) is 16.1 Å². The Morgan fingerprint density at radius 1 is 1.13 bits per heavy atom. The fourth-order valence-electron chi connectivity index (χ4n) is 2.18. The maximum absolute atomic E-state index is 12.4. The number of hydrogen-bond acceptors (Lipinski definition) is 2. The molecule has 3 aromatic rings. The predicted molar refractivity (Wildman–Crippen MR) is 93.2 cm³/mol. The van der Waals surface area contributed by atoms with E-state index in [2.05, 4.69) is 15.5 Å². The van der Waals surface area contributed by atoms with Gasteiger partial charge in [0.25, 0.3) is 5.91 Å². The molecular formula is C17H13Cl2N3O. The maximum Gasteiger partial charge on any atom is 0.273 e. The standard InChI is InChI=1S/C17H13Cl2N3O/c1-10-3-2-4-13(19)16(10)20-17(23)15-9-14(21-22-15)11-5-7-12(18)8-6-11/h2-9H,1H3,(H,20,23)(H,21,22). The summed E-state index contributed by atoms with van der Waals surface area (Å²) in [4.78, 5) is 12.4. The van der Waals surface area contributed by atoms with Crippen LogP contribution in [0.15, 0.2) is 48.5 Å². The smallest absolute Gasteiger partial charge is 0.273 e. The lowest BCUT2D eigenvalue weighted by Crippen LogP contribution is -2.13. The van der Waals surface area contributed by atoms with E-state index < -0.39 is 0 Å². The van der Waals surface area contributed by atoms with E-state index in [-0.39, 0.29) is 5.91 Å². The number of rotatable bonds is 3. The summed E-state index contributed by atoms with van der Waals surface area (Å²) in [6.45, 7) is 1.88. The summed E-state index contributed by atoms with van der Waals surface area (Å²) in [7, 11) is 0. The first kappa shape index (κ1) is 15.6. The van der Waals surface area contributed by atoms with Crippen molar-refractivity contribution >= 4 is 34.8 Å². The molecule has 0 unspecified atom stereocenters. The molecule has 0 aliphatic heterocycles. The number of aromatic nitrogens is 2. The highest BCUT2D eigenvalue weighted by Gasteiger charge is 2.14. The normalized spacial score (nSPS) is 10.6. The van der Waals surface area contributed by atoms with Gasteiger partial charge in [0.05, 0.1) is 16.4 Å². The minimum absolute atomic E-state index is 0.297. The number of aryl methyl sites for hydroxylation is 1. The molecule has 0 aliphatic rings. The lowest BCUT2D eigenvalue weighted by atomic mass is 10.1. The van der Waals surface area contributed by atoms with Crippen LogP contribution in [0.3, 0.4) is 0 Å². The van der Waals surface area contributed by atoms with Gasteiger partial charge in [0, 0.05) is 10.6 Å². The average molecular weight is 346 g/mol. The summed E-state index contributed by atoms with van der Waals surface area (Å²) in [6.07, 6.45) is 0. The van der Waals surface area contributed by atoms with E-state index in [1.807, 2.05) is 31.2 Å². The number of benzene rings is 2. The zero-order chi connectivity index (χ0) is 16.4. The third kappa shape index (κ3) is 3.38. The average Bonchev–Trinajstić information content (AvgIpc) is 3.02. The van der Waals surface area contributed by atoms with E-state index in [4.69, 9.17) is 23.2 Å². The number of para-hydroxylation sites is 1. The second kappa shape index (κ2) is 6.44. The molecule has 4 nitrogen and oxygen atoms in total. The van der Waals surface area contributed by atoms with Crippen LogP contribution in [0, 0.1) is 6.92 Å². The molecule has 0 spiro atoms. The van der Waals surface area contributed by atoms with Crippen molar-refractivity contribution in [3.8, 4) is 11.3 Å². The second-order valence-corrected chi connectivity index (χ2v) is 5.90. The molecule has 0 saturated heterocycles. The summed E-state index contributed by atoms with van der Waals surface area (Å²) < 4.78 is 0. The van der Waals surface area contributed by atoms with Gasteiger partial charge >= 0.3 is 0 Å². The van der Waals surface area contributed by atoms with Crippen molar-refractivity contribution in [2.45, 2.75) is 6.92 Å². The molecule has 2 N–H and O–H groups in total. The molecule has 0 saturated carbocycles. The number of nitrogens with one attached hydrogen (secondary N) is 2. The van der Waals surface area contributed by atoms with Crippen molar-refractivity contribution in [2.75, 3.05) is 5.32 Å². The summed E-state index contributed by atoms with van der Waals surface area (Å²) in [6, 6.07) is 14.4. The van der Waals surface area contributed by atoms with Crippen LogP contribution in [0.4, 0.5) is 5.69 Å². The third-order valence-corrected chi connectivity index (χ3v) is 3.99. The molecule has 1 amide bonds. The molecule has 0 aliphatic carbocycles. The first-order valence-electron chi connectivity index (χ1n) is 6.92. The number of aromatic amines is 1. The number of carbonyl (C=O) groups is 1. The van der Waals surface area contributed by atoms with Gasteiger partial charge in [0.2, 0.25) is 0 Å². The molecule has 0 atom stereocenters. The Labute approximate surface area is 143 Å². The number of nitrogens with zero attached hydrogens (tertiary/aromatic N) is 1. The van der Waals surface area contributed by atoms with Crippen molar-refractivity contribution in [3.63, 3.8) is 0 Å². The van der Waals surface area contributed by atoms with Gasteiger partial charge in [-0.05, 0) is 36.8 Å². The monoisotopic (exact) mass is 345 g/mol. The SMILES string of the molecule is Cc1cccc(Cl)c1NC(=O)c1cc(-c2ccc(Cl)cc2)n[nH]1. The van der Waals surface area contributed by atoms with Crippen molar-refractivity contribution in [1.82, 2.24) is 10.2 Å². The fourth-order valence-corrected chi connectivity index (χ4v) is 2.57. The van der Waals surface area contributed by atoms with Crippen LogP contribution in [0.5, 0.6) is 0 Å². The molecule has 1 heterocycles. The van der Waals surface area contributed by atoms with E-state index in [0.717, 1.165) is 11.1 Å². The van der Waals surface area contributed by atoms with E-state index >= 15 is 0 Å². The van der Waals surface area contributed by atoms with Crippen LogP contribution >= 0.6 is 23.2 Å². The number of carbonyl (C=O) groups excluding carboxylic acids is 1. The van der Waals surface area contributed by atoms with Crippen molar-refractivity contribution in [2.24, 2.45) is 0 Å². The number of hydrogen-bond donors (Lipinski definition) is 2. The minimum atomic E-state index is -0.297. The Hall–Kier alpha value is -2.30. The number of anilines is 1. The highest BCUT2D eigenvalue weighted by Crippen LogP contribution is 2.26. The van der Waals surface area contributed by atoms with Gasteiger partial charge < -0.3 is 5.32 Å². The lowest BCUT2D eigenvalue weighted by molar-refractivity contribution is 0.102. The van der Waals surface area contributed by atoms with Crippen LogP contribution < -0.4 is 5.32 Å². The summed E-state index contributed by atoms with van der Waals surface area (Å²) >= 11 is 12.0. The Balaban J connectivity index is 1.83. The maximum atomic E-state index is 12.4. The molecule has 1 aromatic heterocycles. The van der Waals surface area contributed by atoms with Crippen LogP contribution in [0.2, 0.25) is 10.0 Å². The molecule has 6 heteroatoms. The Kier molecular flexibility index (Phi) is 4.37. The molecule has 23 heavy (non-hydrogen) atoms. The molecule has 116 valence electrons. The Morgan fingerprint density at radius 3 is 2.57 bits per heavy atom. The molecular weight excluding hydrogens is 333 g/mol. The predicted octanol–water partition coefficient (Wildman–Crippen LogP) is 4.94. The van der Waals surface area contributed by atoms with E-state index in [0.29, 0.717) is 27.1 Å². The van der Waals surface area contributed by atoms with Gasteiger partial charge in [-0.15, -0.1) is 0 Å². The van der Waals surface area contributed by atoms with Gasteiger partial charge in [-0.1, -0.05) is 47.5 Å². The Bertz CT molecular complexity index is 836. The fraction of sp³-hybridized carbons (Fsp3) is 0.0588. The first-order valence-corrected chi connectivity index (χ1v) is 7.68. The summed E-state index contributed by atoms with van der Waals surface area (Å²) in [5.41, 5.74) is 3.39. The van der Waals surface area contributed by atoms with E-state index in [1.165, 1.54) is 0 Å². The van der Waals surface area contributed by atoms with Gasteiger partial charge in [-0.3, -0.25) is 9.89 Å². The molecule has 3 rings (SSSR count). The summed E-state index contributed by atoms with van der Waals surface area (Å²) in [5.74, 6) is -0.297. The molecule has 0 bridgehead atoms. The molecule has 0 radical (unpaired) electrons. The highest BCUT2D eigenvalue weighted by molar-refractivity contribution is 6.34. The number of halogens is 2. The third-order valence-electron chi connectivity index (χ3n) is 3.42. The van der Waals surface area contributed by atoms with Crippen molar-refractivity contribution < 1.29 is 4.79 Å².